The molecule has 0 aliphatic carbocycles. The van der Waals surface area contributed by atoms with E-state index in [4.69, 9.17) is 33.2 Å². The summed E-state index contributed by atoms with van der Waals surface area (Å²) in [5.74, 6) is 0.830. The van der Waals surface area contributed by atoms with E-state index in [1.165, 1.54) is 0 Å². The van der Waals surface area contributed by atoms with Gasteiger partial charge in [-0.15, -0.1) is 0 Å². The van der Waals surface area contributed by atoms with Crippen molar-refractivity contribution in [1.82, 2.24) is 0 Å². The number of hydrogen-bond donors (Lipinski definition) is 0. The predicted octanol–water partition coefficient (Wildman–Crippen LogP) is 4.05. The Morgan fingerprint density at radius 1 is 1.14 bits per heavy atom. The largest absolute Gasteiger partial charge is 0.493 e. The van der Waals surface area contributed by atoms with Crippen LogP contribution in [0.3, 0.4) is 0 Å². The van der Waals surface area contributed by atoms with Crippen LogP contribution in [0.1, 0.15) is 5.56 Å². The van der Waals surface area contributed by atoms with Crippen LogP contribution in [0, 0.1) is 11.3 Å². The van der Waals surface area contributed by atoms with Crippen LogP contribution < -0.4 is 4.74 Å². The standard InChI is InChI=1S/C15H11Cl2NO2S/c16-13-5-2-6-14(17)15(13)21(19)8-7-20-12-4-1-3-11(9-12)10-18/h1-6,9H,7-8H2. The molecule has 0 amide bonds. The fraction of sp³-hybridized carbons (Fsp3) is 0.133. The normalized spacial score (nSPS) is 11.7. The van der Waals surface area contributed by atoms with Crippen LogP contribution in [-0.2, 0) is 10.8 Å². The van der Waals surface area contributed by atoms with E-state index >= 15 is 0 Å². The summed E-state index contributed by atoms with van der Waals surface area (Å²) in [6.45, 7) is 0.239. The quantitative estimate of drug-likeness (QED) is 0.825. The van der Waals surface area contributed by atoms with Crippen molar-refractivity contribution in [2.24, 2.45) is 0 Å². The molecule has 108 valence electrons. The van der Waals surface area contributed by atoms with Gasteiger partial charge in [-0.25, -0.2) is 0 Å². The molecule has 3 nitrogen and oxygen atoms in total. The Bertz CT molecular complexity index is 693. The SMILES string of the molecule is N#Cc1cccc(OCCS(=O)c2c(Cl)cccc2Cl)c1. The Morgan fingerprint density at radius 3 is 2.48 bits per heavy atom. The Hall–Kier alpha value is -1.54. The van der Waals surface area contributed by atoms with Crippen LogP contribution in [0.5, 0.6) is 5.75 Å². The van der Waals surface area contributed by atoms with Gasteiger partial charge in [-0.3, -0.25) is 4.21 Å². The van der Waals surface area contributed by atoms with Crippen LogP contribution in [0.25, 0.3) is 0 Å². The number of hydrogen-bond acceptors (Lipinski definition) is 3. The van der Waals surface area contributed by atoms with Gasteiger partial charge in [-0.05, 0) is 30.3 Å². The monoisotopic (exact) mass is 339 g/mol. The molecule has 0 N–H and O–H groups in total. The van der Waals surface area contributed by atoms with E-state index in [9.17, 15) is 4.21 Å². The first-order valence-electron chi connectivity index (χ1n) is 6.07. The second-order valence-electron chi connectivity index (χ2n) is 4.09. The molecule has 2 rings (SSSR count). The average molecular weight is 340 g/mol. The fourth-order valence-electron chi connectivity index (χ4n) is 1.69. The summed E-state index contributed by atoms with van der Waals surface area (Å²) in [5.41, 5.74) is 0.516. The van der Waals surface area contributed by atoms with E-state index < -0.39 is 10.8 Å². The lowest BCUT2D eigenvalue weighted by Gasteiger charge is -2.08. The maximum atomic E-state index is 12.2. The first-order chi connectivity index (χ1) is 10.1. The number of ether oxygens (including phenoxy) is 1. The molecule has 1 unspecified atom stereocenters. The van der Waals surface area contributed by atoms with Crippen molar-refractivity contribution in [2.45, 2.75) is 4.90 Å². The summed E-state index contributed by atoms with van der Waals surface area (Å²) in [6, 6.07) is 13.8. The van der Waals surface area contributed by atoms with Crippen LogP contribution >= 0.6 is 23.2 Å². The Labute approximate surface area is 135 Å². The van der Waals surface area contributed by atoms with Gasteiger partial charge in [0.25, 0.3) is 0 Å². The average Bonchev–Trinajstić information content (AvgIpc) is 2.47. The molecule has 0 heterocycles. The smallest absolute Gasteiger partial charge is 0.120 e. The molecular weight excluding hydrogens is 329 g/mol. The van der Waals surface area contributed by atoms with Gasteiger partial charge >= 0.3 is 0 Å². The zero-order valence-electron chi connectivity index (χ0n) is 10.9. The van der Waals surface area contributed by atoms with Gasteiger partial charge < -0.3 is 4.74 Å². The van der Waals surface area contributed by atoms with Crippen molar-refractivity contribution in [3.63, 3.8) is 0 Å². The molecule has 0 aliphatic rings. The maximum Gasteiger partial charge on any atom is 0.120 e. The third-order valence-electron chi connectivity index (χ3n) is 2.65. The first-order valence-corrected chi connectivity index (χ1v) is 8.14. The van der Waals surface area contributed by atoms with E-state index in [-0.39, 0.29) is 12.4 Å². The minimum atomic E-state index is -1.34. The Balaban J connectivity index is 1.97. The summed E-state index contributed by atoms with van der Waals surface area (Å²) in [4.78, 5) is 0.426. The number of halogens is 2. The molecule has 0 aromatic heterocycles. The van der Waals surface area contributed by atoms with Crippen LogP contribution in [0.2, 0.25) is 10.0 Å². The topological polar surface area (TPSA) is 50.1 Å². The summed E-state index contributed by atoms with van der Waals surface area (Å²) in [7, 11) is -1.34. The summed E-state index contributed by atoms with van der Waals surface area (Å²) < 4.78 is 17.7. The second-order valence-corrected chi connectivity index (χ2v) is 6.41. The van der Waals surface area contributed by atoms with Crippen LogP contribution in [0.4, 0.5) is 0 Å². The molecule has 0 saturated heterocycles. The molecular formula is C15H11Cl2NO2S. The molecule has 0 aliphatic heterocycles. The van der Waals surface area contributed by atoms with E-state index in [1.54, 1.807) is 42.5 Å². The molecule has 0 spiro atoms. The number of benzene rings is 2. The third-order valence-corrected chi connectivity index (χ3v) is 4.93. The highest BCUT2D eigenvalue weighted by Gasteiger charge is 2.13. The molecule has 0 bridgehead atoms. The molecule has 0 radical (unpaired) electrons. The number of nitriles is 1. The highest BCUT2D eigenvalue weighted by molar-refractivity contribution is 7.85. The van der Waals surface area contributed by atoms with Crippen LogP contribution in [0.15, 0.2) is 47.4 Å². The molecule has 6 heteroatoms. The van der Waals surface area contributed by atoms with E-state index in [2.05, 4.69) is 0 Å². The van der Waals surface area contributed by atoms with Crippen molar-refractivity contribution >= 4 is 34.0 Å². The molecule has 2 aromatic rings. The maximum absolute atomic E-state index is 12.2. The molecule has 0 fully saturated rings. The Morgan fingerprint density at radius 2 is 1.81 bits per heavy atom. The zero-order chi connectivity index (χ0) is 15.2. The third kappa shape index (κ3) is 4.21. The lowest BCUT2D eigenvalue weighted by atomic mass is 10.2. The van der Waals surface area contributed by atoms with Crippen molar-refractivity contribution in [2.75, 3.05) is 12.4 Å². The lowest BCUT2D eigenvalue weighted by molar-refractivity contribution is 0.342. The van der Waals surface area contributed by atoms with Gasteiger partial charge in [0.2, 0.25) is 0 Å². The van der Waals surface area contributed by atoms with Crippen molar-refractivity contribution < 1.29 is 8.95 Å². The fourth-order valence-corrected chi connectivity index (χ4v) is 3.62. The summed E-state index contributed by atoms with van der Waals surface area (Å²) in [6.07, 6.45) is 0. The highest BCUT2D eigenvalue weighted by Crippen LogP contribution is 2.27. The van der Waals surface area contributed by atoms with Crippen molar-refractivity contribution in [3.05, 3.63) is 58.1 Å². The second kappa shape index (κ2) is 7.46. The van der Waals surface area contributed by atoms with Gasteiger partial charge in [-0.1, -0.05) is 35.3 Å². The van der Waals surface area contributed by atoms with Crippen LogP contribution in [-0.4, -0.2) is 16.6 Å². The molecule has 1 atom stereocenters. The molecule has 2 aromatic carbocycles. The van der Waals surface area contributed by atoms with Gasteiger partial charge in [0.15, 0.2) is 0 Å². The highest BCUT2D eigenvalue weighted by atomic mass is 35.5. The minimum Gasteiger partial charge on any atom is -0.493 e. The van der Waals surface area contributed by atoms with Crippen molar-refractivity contribution in [1.29, 1.82) is 5.26 Å². The molecule has 21 heavy (non-hydrogen) atoms. The lowest BCUT2D eigenvalue weighted by Crippen LogP contribution is -2.09. The number of rotatable bonds is 5. The zero-order valence-corrected chi connectivity index (χ0v) is 13.2. The first kappa shape index (κ1) is 15.8. The molecule has 0 saturated carbocycles. The van der Waals surface area contributed by atoms with E-state index in [1.807, 2.05) is 6.07 Å². The van der Waals surface area contributed by atoms with Gasteiger partial charge in [0.05, 0.1) is 43.1 Å². The van der Waals surface area contributed by atoms with E-state index in [0.29, 0.717) is 26.3 Å². The van der Waals surface area contributed by atoms with E-state index in [0.717, 1.165) is 0 Å². The summed E-state index contributed by atoms with van der Waals surface area (Å²) in [5, 5.41) is 9.57. The predicted molar refractivity (Wildman–Crippen MR) is 84.4 cm³/mol. The van der Waals surface area contributed by atoms with Crippen molar-refractivity contribution in [3.8, 4) is 11.8 Å². The van der Waals surface area contributed by atoms with Gasteiger partial charge in [-0.2, -0.15) is 5.26 Å². The van der Waals surface area contributed by atoms with Gasteiger partial charge in [0, 0.05) is 0 Å². The minimum absolute atomic E-state index is 0.239. The number of nitrogens with zero attached hydrogens (tertiary/aromatic N) is 1. The van der Waals surface area contributed by atoms with Gasteiger partial charge in [0.1, 0.15) is 12.4 Å². The summed E-state index contributed by atoms with van der Waals surface area (Å²) >= 11 is 12.0. The Kier molecular flexibility index (Phi) is 5.63.